The molecule has 1 aromatic heterocycles. The summed E-state index contributed by atoms with van der Waals surface area (Å²) in [6, 6.07) is 3.93. The first kappa shape index (κ1) is 20.1. The van der Waals surface area contributed by atoms with E-state index < -0.39 is 6.10 Å². The summed E-state index contributed by atoms with van der Waals surface area (Å²) < 4.78 is 0. The van der Waals surface area contributed by atoms with Crippen molar-refractivity contribution in [3.05, 3.63) is 30.1 Å². The smallest absolute Gasteiger partial charge is 0.191 e. The Morgan fingerprint density at radius 1 is 1.29 bits per heavy atom. The van der Waals surface area contributed by atoms with E-state index in [1.165, 1.54) is 0 Å². The van der Waals surface area contributed by atoms with Gasteiger partial charge in [-0.15, -0.1) is 24.0 Å². The van der Waals surface area contributed by atoms with Gasteiger partial charge in [-0.05, 0) is 37.5 Å². The Kier molecular flexibility index (Phi) is 10.3. The number of aliphatic hydroxyl groups is 1. The van der Waals surface area contributed by atoms with Gasteiger partial charge in [-0.1, -0.05) is 13.8 Å². The van der Waals surface area contributed by atoms with E-state index in [9.17, 15) is 5.11 Å². The lowest BCUT2D eigenvalue weighted by molar-refractivity contribution is 0.187. The maximum Gasteiger partial charge on any atom is 0.191 e. The van der Waals surface area contributed by atoms with Crippen molar-refractivity contribution in [3.63, 3.8) is 0 Å². The number of pyridine rings is 1. The maximum atomic E-state index is 10.1. The number of aliphatic hydroxyl groups excluding tert-OH is 1. The van der Waals surface area contributed by atoms with Gasteiger partial charge < -0.3 is 15.7 Å². The zero-order valence-electron chi connectivity index (χ0n) is 13.2. The van der Waals surface area contributed by atoms with Gasteiger partial charge in [0.05, 0.1) is 12.6 Å². The van der Waals surface area contributed by atoms with Gasteiger partial charge in [0.2, 0.25) is 0 Å². The van der Waals surface area contributed by atoms with Crippen LogP contribution in [0.1, 0.15) is 39.4 Å². The van der Waals surface area contributed by atoms with Crippen LogP contribution in [-0.2, 0) is 0 Å². The minimum absolute atomic E-state index is 0. The number of guanidine groups is 1. The third-order valence-electron chi connectivity index (χ3n) is 3.22. The van der Waals surface area contributed by atoms with E-state index in [0.717, 1.165) is 18.1 Å². The van der Waals surface area contributed by atoms with E-state index in [-0.39, 0.29) is 24.0 Å². The SMILES string of the molecule is CCNC(=NCC(O)c1ccncc1)NC(C)C(C)C.I. The summed E-state index contributed by atoms with van der Waals surface area (Å²) in [6.45, 7) is 9.58. The summed E-state index contributed by atoms with van der Waals surface area (Å²) in [7, 11) is 0. The highest BCUT2D eigenvalue weighted by Crippen LogP contribution is 2.11. The Labute approximate surface area is 144 Å². The molecule has 0 spiro atoms. The van der Waals surface area contributed by atoms with Crippen LogP contribution in [0.2, 0.25) is 0 Å². The van der Waals surface area contributed by atoms with Crippen molar-refractivity contribution < 1.29 is 5.11 Å². The van der Waals surface area contributed by atoms with Crippen LogP contribution in [0.5, 0.6) is 0 Å². The molecule has 2 atom stereocenters. The van der Waals surface area contributed by atoms with Gasteiger partial charge in [0, 0.05) is 25.0 Å². The molecule has 1 heterocycles. The Morgan fingerprint density at radius 3 is 2.43 bits per heavy atom. The summed E-state index contributed by atoms with van der Waals surface area (Å²) >= 11 is 0. The number of aromatic nitrogens is 1. The van der Waals surface area contributed by atoms with Crippen LogP contribution in [0.3, 0.4) is 0 Å². The second-order valence-corrected chi connectivity index (χ2v) is 5.19. The summed E-state index contributed by atoms with van der Waals surface area (Å²) in [5, 5.41) is 16.6. The summed E-state index contributed by atoms with van der Waals surface area (Å²) in [5.74, 6) is 1.26. The fourth-order valence-corrected chi connectivity index (χ4v) is 1.57. The standard InChI is InChI=1S/C15H26N4O.HI/c1-5-17-15(19-12(4)11(2)3)18-10-14(20)13-6-8-16-9-7-13;/h6-9,11-12,14,20H,5,10H2,1-4H3,(H2,17,18,19);1H. The molecule has 0 aliphatic carbocycles. The largest absolute Gasteiger partial charge is 0.386 e. The van der Waals surface area contributed by atoms with Gasteiger partial charge in [0.15, 0.2) is 5.96 Å². The molecule has 0 bridgehead atoms. The average molecular weight is 406 g/mol. The molecule has 0 saturated carbocycles. The fraction of sp³-hybridized carbons (Fsp3) is 0.600. The molecule has 0 saturated heterocycles. The number of rotatable bonds is 6. The molecule has 1 rings (SSSR count). The Hall–Kier alpha value is -0.890. The van der Waals surface area contributed by atoms with Crippen LogP contribution in [0, 0.1) is 5.92 Å². The van der Waals surface area contributed by atoms with Gasteiger partial charge in [0.25, 0.3) is 0 Å². The zero-order chi connectivity index (χ0) is 15.0. The molecular weight excluding hydrogens is 379 g/mol. The predicted octanol–water partition coefficient (Wildman–Crippen LogP) is 2.33. The lowest BCUT2D eigenvalue weighted by Crippen LogP contribution is -2.44. The molecular formula is C15H27IN4O. The lowest BCUT2D eigenvalue weighted by Gasteiger charge is -2.21. The van der Waals surface area contributed by atoms with Gasteiger partial charge in [0.1, 0.15) is 0 Å². The molecule has 21 heavy (non-hydrogen) atoms. The van der Waals surface area contributed by atoms with Crippen molar-refractivity contribution in [3.8, 4) is 0 Å². The minimum atomic E-state index is -0.609. The average Bonchev–Trinajstić information content (AvgIpc) is 2.45. The first-order valence-corrected chi connectivity index (χ1v) is 7.17. The molecule has 3 N–H and O–H groups in total. The van der Waals surface area contributed by atoms with Crippen molar-refractivity contribution in [2.45, 2.75) is 39.8 Å². The monoisotopic (exact) mass is 406 g/mol. The van der Waals surface area contributed by atoms with E-state index >= 15 is 0 Å². The number of nitrogens with one attached hydrogen (secondary N) is 2. The third kappa shape index (κ3) is 7.61. The molecule has 120 valence electrons. The Morgan fingerprint density at radius 2 is 1.90 bits per heavy atom. The van der Waals surface area contributed by atoms with Crippen LogP contribution in [0.25, 0.3) is 0 Å². The molecule has 0 radical (unpaired) electrons. The van der Waals surface area contributed by atoms with Gasteiger partial charge in [-0.25, -0.2) is 0 Å². The molecule has 5 nitrogen and oxygen atoms in total. The van der Waals surface area contributed by atoms with Crippen LogP contribution in [-0.4, -0.2) is 35.2 Å². The fourth-order valence-electron chi connectivity index (χ4n) is 1.57. The Bertz CT molecular complexity index is 411. The second kappa shape index (κ2) is 10.8. The maximum absolute atomic E-state index is 10.1. The summed E-state index contributed by atoms with van der Waals surface area (Å²) in [6.07, 6.45) is 2.74. The zero-order valence-corrected chi connectivity index (χ0v) is 15.5. The summed E-state index contributed by atoms with van der Waals surface area (Å²) in [5.41, 5.74) is 0.830. The molecule has 0 amide bonds. The minimum Gasteiger partial charge on any atom is -0.386 e. The van der Waals surface area contributed by atoms with E-state index in [1.54, 1.807) is 24.5 Å². The van der Waals surface area contributed by atoms with Crippen molar-refractivity contribution in [2.75, 3.05) is 13.1 Å². The quantitative estimate of drug-likeness (QED) is 0.385. The van der Waals surface area contributed by atoms with Crippen molar-refractivity contribution in [2.24, 2.45) is 10.9 Å². The van der Waals surface area contributed by atoms with Crippen molar-refractivity contribution >= 4 is 29.9 Å². The molecule has 0 aliphatic heterocycles. The van der Waals surface area contributed by atoms with Crippen LogP contribution in [0.4, 0.5) is 0 Å². The van der Waals surface area contributed by atoms with E-state index in [4.69, 9.17) is 0 Å². The third-order valence-corrected chi connectivity index (χ3v) is 3.22. The number of halogens is 1. The van der Waals surface area contributed by atoms with Crippen LogP contribution < -0.4 is 10.6 Å². The van der Waals surface area contributed by atoms with Crippen molar-refractivity contribution in [1.82, 2.24) is 15.6 Å². The van der Waals surface area contributed by atoms with Crippen molar-refractivity contribution in [1.29, 1.82) is 0 Å². The van der Waals surface area contributed by atoms with Crippen LogP contribution >= 0.6 is 24.0 Å². The van der Waals surface area contributed by atoms with Gasteiger partial charge in [-0.2, -0.15) is 0 Å². The number of hydrogen-bond acceptors (Lipinski definition) is 3. The topological polar surface area (TPSA) is 69.5 Å². The highest BCUT2D eigenvalue weighted by atomic mass is 127. The lowest BCUT2D eigenvalue weighted by atomic mass is 10.1. The summed E-state index contributed by atoms with van der Waals surface area (Å²) in [4.78, 5) is 8.38. The van der Waals surface area contributed by atoms with Gasteiger partial charge >= 0.3 is 0 Å². The number of aliphatic imine (C=N–C) groups is 1. The predicted molar refractivity (Wildman–Crippen MR) is 98.0 cm³/mol. The normalized spacial score (nSPS) is 14.3. The highest BCUT2D eigenvalue weighted by Gasteiger charge is 2.10. The number of hydrogen-bond donors (Lipinski definition) is 3. The first-order chi connectivity index (χ1) is 9.54. The molecule has 0 aromatic carbocycles. The molecule has 6 heteroatoms. The van der Waals surface area contributed by atoms with E-state index in [0.29, 0.717) is 18.5 Å². The highest BCUT2D eigenvalue weighted by molar-refractivity contribution is 14.0. The van der Waals surface area contributed by atoms with E-state index in [1.807, 2.05) is 6.92 Å². The van der Waals surface area contributed by atoms with E-state index in [2.05, 4.69) is 41.4 Å². The molecule has 0 aliphatic rings. The first-order valence-electron chi connectivity index (χ1n) is 7.17. The molecule has 0 fully saturated rings. The molecule has 1 aromatic rings. The second-order valence-electron chi connectivity index (χ2n) is 5.19. The Balaban J connectivity index is 0.00000400. The van der Waals surface area contributed by atoms with Crippen LogP contribution in [0.15, 0.2) is 29.5 Å². The molecule has 2 unspecified atom stereocenters. The van der Waals surface area contributed by atoms with Gasteiger partial charge in [-0.3, -0.25) is 9.98 Å². The number of nitrogens with zero attached hydrogens (tertiary/aromatic N) is 2.